The van der Waals surface area contributed by atoms with Crippen LogP contribution < -0.4 is 10.6 Å². The third-order valence-corrected chi connectivity index (χ3v) is 3.27. The third kappa shape index (κ3) is 6.81. The van der Waals surface area contributed by atoms with Gasteiger partial charge >= 0.3 is 0 Å². The van der Waals surface area contributed by atoms with Crippen molar-refractivity contribution in [2.75, 3.05) is 39.9 Å². The summed E-state index contributed by atoms with van der Waals surface area (Å²) in [7, 11) is 2.17. The molecule has 1 saturated heterocycles. The van der Waals surface area contributed by atoms with Crippen LogP contribution in [0.15, 0.2) is 0 Å². The molecule has 4 nitrogen and oxygen atoms in total. The Kier molecular flexibility index (Phi) is 7.48. The van der Waals surface area contributed by atoms with Crippen LogP contribution in [-0.2, 0) is 4.74 Å². The van der Waals surface area contributed by atoms with Crippen molar-refractivity contribution >= 4 is 17.3 Å². The number of nitrogens with one attached hydrogen (secondary N) is 2. The Morgan fingerprint density at radius 2 is 2.12 bits per heavy atom. The van der Waals surface area contributed by atoms with Gasteiger partial charge in [-0.05, 0) is 58.5 Å². The number of hydrogen-bond acceptors (Lipinski definition) is 3. The van der Waals surface area contributed by atoms with Crippen LogP contribution in [0.3, 0.4) is 0 Å². The van der Waals surface area contributed by atoms with Crippen molar-refractivity contribution in [1.29, 1.82) is 0 Å². The molecule has 2 N–H and O–H groups in total. The Hall–Kier alpha value is -0.390. The largest absolute Gasteiger partial charge is 0.382 e. The molecule has 1 aliphatic rings. The predicted octanol–water partition coefficient (Wildman–Crippen LogP) is 0.971. The zero-order chi connectivity index (χ0) is 12.5. The van der Waals surface area contributed by atoms with Gasteiger partial charge < -0.3 is 20.3 Å². The van der Waals surface area contributed by atoms with Gasteiger partial charge in [0.25, 0.3) is 0 Å². The van der Waals surface area contributed by atoms with E-state index in [1.54, 1.807) is 0 Å². The van der Waals surface area contributed by atoms with Crippen molar-refractivity contribution in [3.8, 4) is 0 Å². The zero-order valence-electron chi connectivity index (χ0n) is 11.0. The van der Waals surface area contributed by atoms with E-state index in [0.29, 0.717) is 6.04 Å². The maximum atomic E-state index is 5.27. The first-order valence-electron chi connectivity index (χ1n) is 6.53. The standard InChI is InChI=1S/C12H25N3OS/c1-3-16-10-4-7-13-12(17)14-11-5-8-15(2)9-6-11/h11H,3-10H2,1-2H3,(H2,13,14,17). The highest BCUT2D eigenvalue weighted by atomic mass is 32.1. The summed E-state index contributed by atoms with van der Waals surface area (Å²) >= 11 is 5.27. The Bertz CT molecular complexity index is 218. The first-order valence-corrected chi connectivity index (χ1v) is 6.94. The van der Waals surface area contributed by atoms with Gasteiger partial charge in [0.05, 0.1) is 0 Å². The van der Waals surface area contributed by atoms with E-state index in [2.05, 4.69) is 22.6 Å². The Morgan fingerprint density at radius 1 is 1.41 bits per heavy atom. The minimum absolute atomic E-state index is 0.540. The van der Waals surface area contributed by atoms with E-state index >= 15 is 0 Å². The lowest BCUT2D eigenvalue weighted by atomic mass is 10.1. The van der Waals surface area contributed by atoms with Crippen LogP contribution in [0.25, 0.3) is 0 Å². The van der Waals surface area contributed by atoms with Crippen LogP contribution in [0.4, 0.5) is 0 Å². The molecule has 0 spiro atoms. The fraction of sp³-hybridized carbons (Fsp3) is 0.917. The van der Waals surface area contributed by atoms with Gasteiger partial charge in [-0.2, -0.15) is 0 Å². The van der Waals surface area contributed by atoms with Crippen molar-refractivity contribution in [2.24, 2.45) is 0 Å². The highest BCUT2D eigenvalue weighted by Crippen LogP contribution is 2.07. The van der Waals surface area contributed by atoms with Gasteiger partial charge in [-0.1, -0.05) is 0 Å². The summed E-state index contributed by atoms with van der Waals surface area (Å²) in [6.07, 6.45) is 3.36. The topological polar surface area (TPSA) is 36.5 Å². The Morgan fingerprint density at radius 3 is 2.76 bits per heavy atom. The second-order valence-electron chi connectivity index (χ2n) is 4.53. The summed E-state index contributed by atoms with van der Waals surface area (Å²) in [5.41, 5.74) is 0. The maximum Gasteiger partial charge on any atom is 0.166 e. The van der Waals surface area contributed by atoms with Gasteiger partial charge in [-0.3, -0.25) is 0 Å². The van der Waals surface area contributed by atoms with Crippen LogP contribution in [-0.4, -0.2) is 55.9 Å². The second-order valence-corrected chi connectivity index (χ2v) is 4.94. The Labute approximate surface area is 110 Å². The minimum atomic E-state index is 0.540. The molecule has 5 heteroatoms. The molecule has 0 radical (unpaired) electrons. The van der Waals surface area contributed by atoms with Gasteiger partial charge in [-0.25, -0.2) is 0 Å². The molecule has 1 heterocycles. The summed E-state index contributed by atoms with van der Waals surface area (Å²) in [5, 5.41) is 7.40. The molecular weight excluding hydrogens is 234 g/mol. The lowest BCUT2D eigenvalue weighted by molar-refractivity contribution is 0.145. The first-order chi connectivity index (χ1) is 8.22. The smallest absolute Gasteiger partial charge is 0.166 e. The summed E-state index contributed by atoms with van der Waals surface area (Å²) in [5.74, 6) is 0. The molecule has 0 aromatic carbocycles. The lowest BCUT2D eigenvalue weighted by Crippen LogP contribution is -2.47. The van der Waals surface area contributed by atoms with E-state index in [0.717, 1.165) is 44.4 Å². The monoisotopic (exact) mass is 259 g/mol. The minimum Gasteiger partial charge on any atom is -0.382 e. The number of ether oxygens (including phenoxy) is 1. The van der Waals surface area contributed by atoms with Gasteiger partial charge in [0.15, 0.2) is 5.11 Å². The summed E-state index contributed by atoms with van der Waals surface area (Å²) in [4.78, 5) is 2.36. The molecular formula is C12H25N3OS. The quantitative estimate of drug-likeness (QED) is 0.549. The summed E-state index contributed by atoms with van der Waals surface area (Å²) in [6, 6.07) is 0.540. The summed E-state index contributed by atoms with van der Waals surface area (Å²) in [6.45, 7) is 6.81. The number of thiocarbonyl (C=S) groups is 1. The molecule has 0 aromatic rings. The fourth-order valence-electron chi connectivity index (χ4n) is 1.91. The number of likely N-dealkylation sites (tertiary alicyclic amines) is 1. The van der Waals surface area contributed by atoms with Gasteiger partial charge in [-0.15, -0.1) is 0 Å². The number of piperidine rings is 1. The van der Waals surface area contributed by atoms with Crippen molar-refractivity contribution in [3.05, 3.63) is 0 Å². The molecule has 17 heavy (non-hydrogen) atoms. The molecule has 0 amide bonds. The predicted molar refractivity (Wildman–Crippen MR) is 75.4 cm³/mol. The number of rotatable bonds is 6. The molecule has 0 aliphatic carbocycles. The molecule has 1 aliphatic heterocycles. The average molecular weight is 259 g/mol. The van der Waals surface area contributed by atoms with E-state index in [4.69, 9.17) is 17.0 Å². The van der Waals surface area contributed by atoms with Crippen LogP contribution in [0.2, 0.25) is 0 Å². The molecule has 0 unspecified atom stereocenters. The first kappa shape index (κ1) is 14.7. The van der Waals surface area contributed by atoms with Crippen LogP contribution in [0, 0.1) is 0 Å². The SMILES string of the molecule is CCOCCCNC(=S)NC1CCN(C)CC1. The highest BCUT2D eigenvalue weighted by Gasteiger charge is 2.16. The number of nitrogens with zero attached hydrogens (tertiary/aromatic N) is 1. The molecule has 0 aromatic heterocycles. The lowest BCUT2D eigenvalue weighted by Gasteiger charge is -2.30. The normalized spacial score (nSPS) is 18.0. The van der Waals surface area contributed by atoms with Crippen LogP contribution in [0.1, 0.15) is 26.2 Å². The van der Waals surface area contributed by atoms with Gasteiger partial charge in [0, 0.05) is 25.8 Å². The van der Waals surface area contributed by atoms with Crippen molar-refractivity contribution in [2.45, 2.75) is 32.2 Å². The van der Waals surface area contributed by atoms with Crippen molar-refractivity contribution < 1.29 is 4.74 Å². The van der Waals surface area contributed by atoms with Crippen LogP contribution >= 0.6 is 12.2 Å². The second kappa shape index (κ2) is 8.66. The molecule has 0 bridgehead atoms. The van der Waals surface area contributed by atoms with E-state index in [1.807, 2.05) is 6.92 Å². The highest BCUT2D eigenvalue weighted by molar-refractivity contribution is 7.80. The van der Waals surface area contributed by atoms with E-state index < -0.39 is 0 Å². The van der Waals surface area contributed by atoms with E-state index in [-0.39, 0.29) is 0 Å². The molecule has 100 valence electrons. The van der Waals surface area contributed by atoms with E-state index in [1.165, 1.54) is 12.8 Å². The average Bonchev–Trinajstić information content (AvgIpc) is 2.32. The fourth-order valence-corrected chi connectivity index (χ4v) is 2.18. The van der Waals surface area contributed by atoms with Gasteiger partial charge in [0.2, 0.25) is 0 Å². The van der Waals surface area contributed by atoms with E-state index in [9.17, 15) is 0 Å². The Balaban J connectivity index is 2.00. The summed E-state index contributed by atoms with van der Waals surface area (Å²) < 4.78 is 5.27. The van der Waals surface area contributed by atoms with Crippen molar-refractivity contribution in [3.63, 3.8) is 0 Å². The number of hydrogen-bond donors (Lipinski definition) is 2. The zero-order valence-corrected chi connectivity index (χ0v) is 11.8. The molecule has 1 rings (SSSR count). The third-order valence-electron chi connectivity index (χ3n) is 3.01. The molecule has 0 atom stereocenters. The molecule has 1 fully saturated rings. The van der Waals surface area contributed by atoms with Gasteiger partial charge in [0.1, 0.15) is 0 Å². The molecule has 0 saturated carbocycles. The maximum absolute atomic E-state index is 5.27. The van der Waals surface area contributed by atoms with Crippen LogP contribution in [0.5, 0.6) is 0 Å². The van der Waals surface area contributed by atoms with Crippen molar-refractivity contribution in [1.82, 2.24) is 15.5 Å².